The zero-order chi connectivity index (χ0) is 11.4. The summed E-state index contributed by atoms with van der Waals surface area (Å²) in [5.41, 5.74) is 0.928. The molecule has 2 nitrogen and oxygen atoms in total. The highest BCUT2D eigenvalue weighted by molar-refractivity contribution is 5.85. The Morgan fingerprint density at radius 2 is 2.00 bits per heavy atom. The smallest absolute Gasteiger partial charge is 0.285 e. The zero-order valence-electron chi connectivity index (χ0n) is 9.36. The normalized spacial score (nSPS) is 22.8. The number of rotatable bonds is 3. The van der Waals surface area contributed by atoms with Gasteiger partial charge in [-0.3, -0.25) is 0 Å². The van der Waals surface area contributed by atoms with Crippen molar-refractivity contribution in [2.24, 2.45) is 0 Å². The third kappa shape index (κ3) is 3.91. The van der Waals surface area contributed by atoms with Gasteiger partial charge in [-0.15, -0.1) is 12.4 Å². The third-order valence-corrected chi connectivity index (χ3v) is 2.71. The van der Waals surface area contributed by atoms with Crippen LogP contribution in [0.15, 0.2) is 30.3 Å². The van der Waals surface area contributed by atoms with Crippen molar-refractivity contribution >= 4 is 12.4 Å². The molecule has 0 bridgehead atoms. The maximum Gasteiger partial charge on any atom is 0.285 e. The maximum absolute atomic E-state index is 13.4. The van der Waals surface area contributed by atoms with Crippen LogP contribution in [0.25, 0.3) is 0 Å². The molecule has 1 aromatic carbocycles. The van der Waals surface area contributed by atoms with Crippen LogP contribution in [0.4, 0.5) is 8.78 Å². The van der Waals surface area contributed by atoms with Gasteiger partial charge in [0.15, 0.2) is 0 Å². The minimum atomic E-state index is -2.76. The fraction of sp³-hybridized carbons (Fsp3) is 0.500. The van der Waals surface area contributed by atoms with Crippen molar-refractivity contribution in [3.05, 3.63) is 35.9 Å². The molecule has 0 saturated carbocycles. The lowest BCUT2D eigenvalue weighted by Crippen LogP contribution is -2.50. The number of hydrogen-bond acceptors (Lipinski definition) is 2. The van der Waals surface area contributed by atoms with Crippen LogP contribution in [-0.2, 0) is 11.3 Å². The largest absolute Gasteiger partial charge is 0.367 e. The summed E-state index contributed by atoms with van der Waals surface area (Å²) >= 11 is 0. The van der Waals surface area contributed by atoms with E-state index < -0.39 is 12.0 Å². The maximum atomic E-state index is 13.4. The Hall–Kier alpha value is -0.710. The van der Waals surface area contributed by atoms with E-state index in [1.54, 1.807) is 0 Å². The van der Waals surface area contributed by atoms with Crippen LogP contribution < -0.4 is 5.32 Å². The molecule has 1 aromatic rings. The number of alkyl halides is 2. The van der Waals surface area contributed by atoms with Crippen LogP contribution in [0, 0.1) is 0 Å². The molecule has 1 N–H and O–H groups in total. The molecule has 17 heavy (non-hydrogen) atoms. The van der Waals surface area contributed by atoms with Gasteiger partial charge in [0, 0.05) is 0 Å². The van der Waals surface area contributed by atoms with E-state index in [-0.39, 0.29) is 25.6 Å². The molecule has 1 aliphatic rings. The molecule has 1 saturated heterocycles. The summed E-state index contributed by atoms with van der Waals surface area (Å²) < 4.78 is 32.1. The Kier molecular flexibility index (Phi) is 5.31. The summed E-state index contributed by atoms with van der Waals surface area (Å²) in [5.74, 6) is -2.76. The first-order valence-corrected chi connectivity index (χ1v) is 5.42. The molecule has 5 heteroatoms. The summed E-state index contributed by atoms with van der Waals surface area (Å²) in [6, 6.07) is 9.39. The molecule has 0 amide bonds. The predicted molar refractivity (Wildman–Crippen MR) is 64.7 cm³/mol. The van der Waals surface area contributed by atoms with E-state index in [2.05, 4.69) is 5.32 Å². The molecule has 1 heterocycles. The zero-order valence-corrected chi connectivity index (χ0v) is 10.2. The van der Waals surface area contributed by atoms with E-state index in [1.807, 2.05) is 30.3 Å². The van der Waals surface area contributed by atoms with E-state index in [9.17, 15) is 8.78 Å². The lowest BCUT2D eigenvalue weighted by atomic mass is 10.1. The highest BCUT2D eigenvalue weighted by atomic mass is 35.5. The quantitative estimate of drug-likeness (QED) is 0.905. The Balaban J connectivity index is 0.00000144. The van der Waals surface area contributed by atoms with Gasteiger partial charge >= 0.3 is 0 Å². The summed E-state index contributed by atoms with van der Waals surface area (Å²) in [4.78, 5) is 0. The minimum Gasteiger partial charge on any atom is -0.367 e. The van der Waals surface area contributed by atoms with Crippen molar-refractivity contribution in [3.8, 4) is 0 Å². The predicted octanol–water partition coefficient (Wildman–Crippen LogP) is 2.62. The molecule has 0 radical (unpaired) electrons. The molecular weight excluding hydrogens is 248 g/mol. The van der Waals surface area contributed by atoms with E-state index in [1.165, 1.54) is 0 Å². The van der Waals surface area contributed by atoms with E-state index in [4.69, 9.17) is 4.74 Å². The van der Waals surface area contributed by atoms with E-state index in [0.29, 0.717) is 13.0 Å². The van der Waals surface area contributed by atoms with Gasteiger partial charge < -0.3 is 10.1 Å². The summed E-state index contributed by atoms with van der Waals surface area (Å²) in [7, 11) is 0. The first-order valence-electron chi connectivity index (χ1n) is 5.42. The molecule has 2 rings (SSSR count). The van der Waals surface area contributed by atoms with Gasteiger partial charge in [0.1, 0.15) is 6.10 Å². The number of piperidine rings is 1. The van der Waals surface area contributed by atoms with E-state index >= 15 is 0 Å². The highest BCUT2D eigenvalue weighted by Crippen LogP contribution is 2.26. The molecule has 96 valence electrons. The lowest BCUT2D eigenvalue weighted by Gasteiger charge is -2.31. The van der Waals surface area contributed by atoms with Crippen LogP contribution >= 0.6 is 12.4 Å². The first-order chi connectivity index (χ1) is 7.68. The van der Waals surface area contributed by atoms with Crippen LogP contribution in [-0.4, -0.2) is 25.1 Å². The second-order valence-electron chi connectivity index (χ2n) is 4.01. The summed E-state index contributed by atoms with van der Waals surface area (Å²) in [6.07, 6.45) is -0.603. The van der Waals surface area contributed by atoms with Crippen LogP contribution in [0.5, 0.6) is 0 Å². The van der Waals surface area contributed by atoms with Gasteiger partial charge in [-0.2, -0.15) is 0 Å². The third-order valence-electron chi connectivity index (χ3n) is 2.71. The summed E-state index contributed by atoms with van der Waals surface area (Å²) in [5, 5.41) is 2.67. The lowest BCUT2D eigenvalue weighted by molar-refractivity contribution is -0.153. The second kappa shape index (κ2) is 6.28. The summed E-state index contributed by atoms with van der Waals surface area (Å²) in [6.45, 7) is 0.558. The number of halogens is 3. The molecule has 0 spiro atoms. The number of hydrogen-bond donors (Lipinski definition) is 1. The number of benzene rings is 1. The highest BCUT2D eigenvalue weighted by Gasteiger charge is 2.42. The van der Waals surface area contributed by atoms with Crippen molar-refractivity contribution < 1.29 is 13.5 Å². The number of nitrogens with one attached hydrogen (secondary N) is 1. The fourth-order valence-corrected chi connectivity index (χ4v) is 1.79. The molecule has 1 fully saturated rings. The van der Waals surface area contributed by atoms with Crippen LogP contribution in [0.1, 0.15) is 12.0 Å². The van der Waals surface area contributed by atoms with Gasteiger partial charge in [-0.1, -0.05) is 30.3 Å². The van der Waals surface area contributed by atoms with Crippen LogP contribution in [0.2, 0.25) is 0 Å². The standard InChI is InChI=1S/C12H15F2NO.ClH/c13-12(14)9-15-7-6-11(12)16-8-10-4-2-1-3-5-10;/h1-5,11,15H,6-9H2;1H. The van der Waals surface area contributed by atoms with Crippen molar-refractivity contribution in [1.82, 2.24) is 5.32 Å². The Morgan fingerprint density at radius 1 is 1.29 bits per heavy atom. The van der Waals surface area contributed by atoms with Crippen LogP contribution in [0.3, 0.4) is 0 Å². The Bertz CT molecular complexity index is 335. The van der Waals surface area contributed by atoms with Crippen molar-refractivity contribution in [1.29, 1.82) is 0 Å². The van der Waals surface area contributed by atoms with E-state index in [0.717, 1.165) is 5.56 Å². The molecule has 1 unspecified atom stereocenters. The molecule has 1 aliphatic heterocycles. The number of ether oxygens (including phenoxy) is 1. The first kappa shape index (κ1) is 14.4. The average Bonchev–Trinajstić information content (AvgIpc) is 2.28. The molecule has 0 aliphatic carbocycles. The van der Waals surface area contributed by atoms with Gasteiger partial charge in [0.2, 0.25) is 0 Å². The SMILES string of the molecule is Cl.FC1(F)CNCCC1OCc1ccccc1. The average molecular weight is 264 g/mol. The minimum absolute atomic E-state index is 0. The fourth-order valence-electron chi connectivity index (χ4n) is 1.79. The molecule has 0 aromatic heterocycles. The monoisotopic (exact) mass is 263 g/mol. The van der Waals surface area contributed by atoms with Gasteiger partial charge in [-0.05, 0) is 18.5 Å². The van der Waals surface area contributed by atoms with Crippen molar-refractivity contribution in [2.45, 2.75) is 25.1 Å². The molecular formula is C12H16ClF2NO. The van der Waals surface area contributed by atoms with Gasteiger partial charge in [0.05, 0.1) is 13.2 Å². The molecule has 1 atom stereocenters. The topological polar surface area (TPSA) is 21.3 Å². The van der Waals surface area contributed by atoms with Crippen molar-refractivity contribution in [2.75, 3.05) is 13.1 Å². The van der Waals surface area contributed by atoms with Gasteiger partial charge in [-0.25, -0.2) is 8.78 Å². The van der Waals surface area contributed by atoms with Gasteiger partial charge in [0.25, 0.3) is 5.92 Å². The van der Waals surface area contributed by atoms with Crippen molar-refractivity contribution in [3.63, 3.8) is 0 Å². The Labute approximate surface area is 106 Å². The second-order valence-corrected chi connectivity index (χ2v) is 4.01. The Morgan fingerprint density at radius 3 is 2.65 bits per heavy atom.